The zero-order valence-corrected chi connectivity index (χ0v) is 15.0. The SMILES string of the molecule is CC(C)c1nn(C)cc1CNC(C)(C)c1ccc(Br)cc1. The summed E-state index contributed by atoms with van der Waals surface area (Å²) in [5.41, 5.74) is 3.65. The lowest BCUT2D eigenvalue weighted by molar-refractivity contribution is 0.400. The lowest BCUT2D eigenvalue weighted by Crippen LogP contribution is -2.36. The van der Waals surface area contributed by atoms with Gasteiger partial charge in [-0.2, -0.15) is 5.10 Å². The first-order valence-electron chi connectivity index (χ1n) is 7.33. The van der Waals surface area contributed by atoms with Crippen molar-refractivity contribution in [2.45, 2.75) is 45.7 Å². The number of nitrogens with zero attached hydrogens (tertiary/aromatic N) is 2. The molecule has 3 nitrogen and oxygen atoms in total. The van der Waals surface area contributed by atoms with Crippen LogP contribution in [0.3, 0.4) is 0 Å². The van der Waals surface area contributed by atoms with Gasteiger partial charge in [-0.1, -0.05) is 41.9 Å². The monoisotopic (exact) mass is 349 g/mol. The largest absolute Gasteiger partial charge is 0.304 e. The van der Waals surface area contributed by atoms with Crippen LogP contribution in [0.15, 0.2) is 34.9 Å². The van der Waals surface area contributed by atoms with Crippen molar-refractivity contribution in [3.05, 3.63) is 51.8 Å². The minimum atomic E-state index is -0.0786. The molecule has 114 valence electrons. The van der Waals surface area contributed by atoms with Crippen LogP contribution in [0, 0.1) is 0 Å². The van der Waals surface area contributed by atoms with Crippen LogP contribution >= 0.6 is 15.9 Å². The molecule has 1 N–H and O–H groups in total. The predicted molar refractivity (Wildman–Crippen MR) is 91.3 cm³/mol. The quantitative estimate of drug-likeness (QED) is 0.870. The summed E-state index contributed by atoms with van der Waals surface area (Å²) < 4.78 is 3.01. The van der Waals surface area contributed by atoms with E-state index < -0.39 is 0 Å². The Hall–Kier alpha value is -1.13. The van der Waals surface area contributed by atoms with Gasteiger partial charge in [0.1, 0.15) is 0 Å². The van der Waals surface area contributed by atoms with Gasteiger partial charge < -0.3 is 5.32 Å². The molecule has 0 saturated heterocycles. The van der Waals surface area contributed by atoms with Crippen molar-refractivity contribution in [2.75, 3.05) is 0 Å². The molecule has 0 amide bonds. The second kappa shape index (κ2) is 6.32. The van der Waals surface area contributed by atoms with Crippen molar-refractivity contribution in [1.82, 2.24) is 15.1 Å². The van der Waals surface area contributed by atoms with Crippen LogP contribution in [0.5, 0.6) is 0 Å². The van der Waals surface area contributed by atoms with E-state index in [1.54, 1.807) is 0 Å². The third-order valence-corrected chi connectivity index (χ3v) is 4.30. The van der Waals surface area contributed by atoms with E-state index in [-0.39, 0.29) is 5.54 Å². The molecule has 0 aliphatic rings. The summed E-state index contributed by atoms with van der Waals surface area (Å²) in [7, 11) is 1.98. The predicted octanol–water partition coefficient (Wildman–Crippen LogP) is 4.33. The van der Waals surface area contributed by atoms with Crippen LogP contribution in [-0.4, -0.2) is 9.78 Å². The van der Waals surface area contributed by atoms with Gasteiger partial charge in [-0.05, 0) is 37.5 Å². The highest BCUT2D eigenvalue weighted by Crippen LogP contribution is 2.24. The fourth-order valence-corrected chi connectivity index (χ4v) is 2.73. The van der Waals surface area contributed by atoms with E-state index in [9.17, 15) is 0 Å². The van der Waals surface area contributed by atoms with Gasteiger partial charge in [-0.25, -0.2) is 0 Å². The van der Waals surface area contributed by atoms with E-state index in [1.165, 1.54) is 16.8 Å². The Morgan fingerprint density at radius 1 is 1.24 bits per heavy atom. The van der Waals surface area contributed by atoms with Gasteiger partial charge in [-0.3, -0.25) is 4.68 Å². The van der Waals surface area contributed by atoms with Gasteiger partial charge in [0.25, 0.3) is 0 Å². The molecule has 1 aromatic carbocycles. The maximum atomic E-state index is 4.57. The average Bonchev–Trinajstić information content (AvgIpc) is 2.79. The Bertz CT molecular complexity index is 597. The maximum absolute atomic E-state index is 4.57. The molecule has 0 radical (unpaired) electrons. The van der Waals surface area contributed by atoms with Crippen molar-refractivity contribution >= 4 is 15.9 Å². The Morgan fingerprint density at radius 2 is 1.86 bits per heavy atom. The van der Waals surface area contributed by atoms with Crippen LogP contribution < -0.4 is 5.32 Å². The van der Waals surface area contributed by atoms with E-state index in [1.807, 2.05) is 11.7 Å². The number of aromatic nitrogens is 2. The summed E-state index contributed by atoms with van der Waals surface area (Å²) in [5, 5.41) is 8.22. The molecule has 0 spiro atoms. The Kier molecular flexibility index (Phi) is 4.89. The normalized spacial score (nSPS) is 12.1. The van der Waals surface area contributed by atoms with Gasteiger partial charge in [0.2, 0.25) is 0 Å². The molecular formula is C17H24BrN3. The van der Waals surface area contributed by atoms with Crippen molar-refractivity contribution in [3.8, 4) is 0 Å². The van der Waals surface area contributed by atoms with Crippen molar-refractivity contribution < 1.29 is 0 Å². The molecule has 1 aromatic heterocycles. The van der Waals surface area contributed by atoms with E-state index >= 15 is 0 Å². The van der Waals surface area contributed by atoms with E-state index in [0.717, 1.165) is 11.0 Å². The van der Waals surface area contributed by atoms with Crippen LogP contribution in [0.4, 0.5) is 0 Å². The first-order valence-corrected chi connectivity index (χ1v) is 8.12. The number of hydrogen-bond donors (Lipinski definition) is 1. The summed E-state index contributed by atoms with van der Waals surface area (Å²) in [4.78, 5) is 0. The van der Waals surface area contributed by atoms with E-state index in [4.69, 9.17) is 0 Å². The van der Waals surface area contributed by atoms with Gasteiger partial charge in [0.05, 0.1) is 5.69 Å². The molecule has 1 heterocycles. The number of benzene rings is 1. The molecular weight excluding hydrogens is 326 g/mol. The van der Waals surface area contributed by atoms with Crippen LogP contribution in [0.1, 0.15) is 50.4 Å². The number of halogens is 1. The maximum Gasteiger partial charge on any atom is 0.0694 e. The number of nitrogens with one attached hydrogen (secondary N) is 1. The standard InChI is InChI=1S/C17H24BrN3/c1-12(2)16-13(11-21(5)20-16)10-19-17(3,4)14-6-8-15(18)9-7-14/h6-9,11-12,19H,10H2,1-5H3. The fourth-order valence-electron chi connectivity index (χ4n) is 2.46. The summed E-state index contributed by atoms with van der Waals surface area (Å²) in [6.07, 6.45) is 2.11. The molecule has 0 saturated carbocycles. The molecule has 2 aromatic rings. The van der Waals surface area contributed by atoms with Crippen LogP contribution in [-0.2, 0) is 19.1 Å². The van der Waals surface area contributed by atoms with Crippen molar-refractivity contribution in [3.63, 3.8) is 0 Å². The molecule has 0 fully saturated rings. The van der Waals surface area contributed by atoms with Crippen molar-refractivity contribution in [1.29, 1.82) is 0 Å². The molecule has 4 heteroatoms. The third-order valence-electron chi connectivity index (χ3n) is 3.77. The van der Waals surface area contributed by atoms with Gasteiger partial charge >= 0.3 is 0 Å². The lowest BCUT2D eigenvalue weighted by atomic mass is 9.94. The van der Waals surface area contributed by atoms with Crippen LogP contribution in [0.2, 0.25) is 0 Å². The second-order valence-corrected chi connectivity index (χ2v) is 7.27. The Morgan fingerprint density at radius 3 is 2.43 bits per heavy atom. The highest BCUT2D eigenvalue weighted by molar-refractivity contribution is 9.10. The number of hydrogen-bond acceptors (Lipinski definition) is 2. The summed E-state index contributed by atoms with van der Waals surface area (Å²) in [5.74, 6) is 0.443. The highest BCUT2D eigenvalue weighted by Gasteiger charge is 2.21. The number of rotatable bonds is 5. The molecule has 0 bridgehead atoms. The lowest BCUT2D eigenvalue weighted by Gasteiger charge is -2.27. The molecule has 0 aliphatic carbocycles. The molecule has 0 aliphatic heterocycles. The zero-order chi connectivity index (χ0) is 15.6. The molecule has 0 atom stereocenters. The second-order valence-electron chi connectivity index (χ2n) is 6.35. The van der Waals surface area contributed by atoms with E-state index in [0.29, 0.717) is 5.92 Å². The summed E-state index contributed by atoms with van der Waals surface area (Å²) in [6.45, 7) is 9.62. The Labute approximate surface area is 135 Å². The third kappa shape index (κ3) is 3.95. The molecule has 2 rings (SSSR count). The number of aryl methyl sites for hydroxylation is 1. The topological polar surface area (TPSA) is 29.9 Å². The smallest absolute Gasteiger partial charge is 0.0694 e. The molecule has 21 heavy (non-hydrogen) atoms. The van der Waals surface area contributed by atoms with Gasteiger partial charge in [0.15, 0.2) is 0 Å². The average molecular weight is 350 g/mol. The van der Waals surface area contributed by atoms with Gasteiger partial charge in [-0.15, -0.1) is 0 Å². The van der Waals surface area contributed by atoms with E-state index in [2.05, 4.69) is 84.5 Å². The summed E-state index contributed by atoms with van der Waals surface area (Å²) in [6, 6.07) is 8.48. The zero-order valence-electron chi connectivity index (χ0n) is 13.4. The highest BCUT2D eigenvalue weighted by atomic mass is 79.9. The van der Waals surface area contributed by atoms with Crippen molar-refractivity contribution in [2.24, 2.45) is 7.05 Å². The Balaban J connectivity index is 2.13. The first kappa shape index (κ1) is 16.2. The molecule has 0 unspecified atom stereocenters. The van der Waals surface area contributed by atoms with Gasteiger partial charge in [0, 0.05) is 35.4 Å². The van der Waals surface area contributed by atoms with Crippen LogP contribution in [0.25, 0.3) is 0 Å². The fraction of sp³-hybridized carbons (Fsp3) is 0.471. The minimum absolute atomic E-state index is 0.0786. The minimum Gasteiger partial charge on any atom is -0.304 e. The summed E-state index contributed by atoms with van der Waals surface area (Å²) >= 11 is 3.48. The first-order chi connectivity index (χ1) is 9.79.